The van der Waals surface area contributed by atoms with Crippen LogP contribution in [0.25, 0.3) is 10.2 Å². The summed E-state index contributed by atoms with van der Waals surface area (Å²) in [6, 6.07) is 16.1. The van der Waals surface area contributed by atoms with Gasteiger partial charge < -0.3 is 4.90 Å². The average molecular weight is 336 g/mol. The summed E-state index contributed by atoms with van der Waals surface area (Å²) >= 11 is 1.77. The number of aryl methyl sites for hydroxylation is 1. The molecule has 1 saturated heterocycles. The van der Waals surface area contributed by atoms with Crippen molar-refractivity contribution in [1.82, 2.24) is 9.88 Å². The van der Waals surface area contributed by atoms with Crippen LogP contribution in [0, 0.1) is 6.92 Å². The van der Waals surface area contributed by atoms with Crippen molar-refractivity contribution in [3.8, 4) is 0 Å². The highest BCUT2D eigenvalue weighted by atomic mass is 32.1. The molecule has 0 radical (unpaired) electrons. The fourth-order valence-electron chi connectivity index (χ4n) is 3.41. The third kappa shape index (κ3) is 2.82. The van der Waals surface area contributed by atoms with Crippen LogP contribution < -0.4 is 0 Å². The number of piperidine rings is 1. The minimum Gasteiger partial charge on any atom is -0.338 e. The highest BCUT2D eigenvalue weighted by Gasteiger charge is 2.27. The van der Waals surface area contributed by atoms with E-state index < -0.39 is 0 Å². The number of amides is 1. The van der Waals surface area contributed by atoms with E-state index in [9.17, 15) is 4.79 Å². The van der Waals surface area contributed by atoms with E-state index in [0.717, 1.165) is 42.6 Å². The number of likely N-dealkylation sites (tertiary alicyclic amines) is 1. The predicted octanol–water partition coefficient (Wildman–Crippen LogP) is 4.62. The van der Waals surface area contributed by atoms with Crippen LogP contribution in [0.4, 0.5) is 0 Å². The number of fused-ring (bicyclic) bond motifs is 1. The summed E-state index contributed by atoms with van der Waals surface area (Å²) in [5.41, 5.74) is 2.94. The van der Waals surface area contributed by atoms with Crippen LogP contribution in [0.5, 0.6) is 0 Å². The quantitative estimate of drug-likeness (QED) is 0.684. The highest BCUT2D eigenvalue weighted by molar-refractivity contribution is 7.18. The van der Waals surface area contributed by atoms with Crippen molar-refractivity contribution in [3.63, 3.8) is 0 Å². The monoisotopic (exact) mass is 336 g/mol. The van der Waals surface area contributed by atoms with Crippen molar-refractivity contribution in [2.75, 3.05) is 13.1 Å². The Hall–Kier alpha value is -2.20. The Labute approximate surface area is 146 Å². The van der Waals surface area contributed by atoms with Gasteiger partial charge in [-0.1, -0.05) is 30.3 Å². The van der Waals surface area contributed by atoms with E-state index in [1.54, 1.807) is 11.3 Å². The standard InChI is InChI=1S/C20H20N2OS/c1-14-7-2-3-9-16(14)20(23)22-12-6-8-15(13-22)19-21-17-10-4-5-11-18(17)24-19/h2-5,7,9-11,15H,6,8,12-13H2,1H3/t15-/m0/s1. The first-order valence-electron chi connectivity index (χ1n) is 8.43. The van der Waals surface area contributed by atoms with Crippen molar-refractivity contribution in [2.24, 2.45) is 0 Å². The van der Waals surface area contributed by atoms with Gasteiger partial charge in [0.15, 0.2) is 0 Å². The molecule has 3 aromatic rings. The zero-order valence-corrected chi connectivity index (χ0v) is 14.6. The molecule has 1 aliphatic heterocycles. The van der Waals surface area contributed by atoms with Crippen LogP contribution in [-0.4, -0.2) is 28.9 Å². The third-order valence-corrected chi connectivity index (χ3v) is 5.94. The second-order valence-electron chi connectivity index (χ2n) is 6.43. The molecular weight excluding hydrogens is 316 g/mol. The molecule has 0 bridgehead atoms. The van der Waals surface area contributed by atoms with Gasteiger partial charge in [-0.15, -0.1) is 11.3 Å². The van der Waals surface area contributed by atoms with Crippen LogP contribution in [0.15, 0.2) is 48.5 Å². The van der Waals surface area contributed by atoms with Crippen LogP contribution in [0.2, 0.25) is 0 Å². The molecule has 3 nitrogen and oxygen atoms in total. The molecule has 4 heteroatoms. The Balaban J connectivity index is 1.57. The molecule has 1 atom stereocenters. The van der Waals surface area contributed by atoms with E-state index in [-0.39, 0.29) is 5.91 Å². The largest absolute Gasteiger partial charge is 0.338 e. The van der Waals surface area contributed by atoms with Gasteiger partial charge in [0.2, 0.25) is 0 Å². The van der Waals surface area contributed by atoms with Gasteiger partial charge in [0.05, 0.1) is 15.2 Å². The molecule has 0 saturated carbocycles. The van der Waals surface area contributed by atoms with Crippen LogP contribution in [0.1, 0.15) is 39.7 Å². The van der Waals surface area contributed by atoms with Gasteiger partial charge >= 0.3 is 0 Å². The number of benzene rings is 2. The smallest absolute Gasteiger partial charge is 0.254 e. The number of rotatable bonds is 2. The maximum atomic E-state index is 12.9. The molecule has 1 fully saturated rings. The van der Waals surface area contributed by atoms with E-state index >= 15 is 0 Å². The van der Waals surface area contributed by atoms with Gasteiger partial charge in [-0.05, 0) is 43.5 Å². The van der Waals surface area contributed by atoms with E-state index in [1.807, 2.05) is 42.2 Å². The molecule has 2 aromatic carbocycles. The lowest BCUT2D eigenvalue weighted by molar-refractivity contribution is 0.0706. The number of carbonyl (C=O) groups is 1. The van der Waals surface area contributed by atoms with Gasteiger partial charge in [0.25, 0.3) is 5.91 Å². The maximum Gasteiger partial charge on any atom is 0.254 e. The predicted molar refractivity (Wildman–Crippen MR) is 98.7 cm³/mol. The number of carbonyl (C=O) groups excluding carboxylic acids is 1. The Bertz CT molecular complexity index is 853. The molecule has 1 aliphatic rings. The number of hydrogen-bond acceptors (Lipinski definition) is 3. The molecule has 1 amide bonds. The fraction of sp³-hybridized carbons (Fsp3) is 0.300. The number of aromatic nitrogens is 1. The molecule has 122 valence electrons. The molecule has 0 unspecified atom stereocenters. The van der Waals surface area contributed by atoms with E-state index in [2.05, 4.69) is 18.2 Å². The van der Waals surface area contributed by atoms with E-state index in [4.69, 9.17) is 4.98 Å². The molecule has 2 heterocycles. The summed E-state index contributed by atoms with van der Waals surface area (Å²) in [6.45, 7) is 3.61. The van der Waals surface area contributed by atoms with Crippen molar-refractivity contribution in [2.45, 2.75) is 25.7 Å². The van der Waals surface area contributed by atoms with Crippen molar-refractivity contribution >= 4 is 27.5 Å². The summed E-state index contributed by atoms with van der Waals surface area (Å²) in [5.74, 6) is 0.503. The maximum absolute atomic E-state index is 12.9. The van der Waals surface area contributed by atoms with E-state index in [0.29, 0.717) is 5.92 Å². The van der Waals surface area contributed by atoms with Crippen LogP contribution in [0.3, 0.4) is 0 Å². The second kappa shape index (κ2) is 6.36. The Morgan fingerprint density at radius 3 is 2.79 bits per heavy atom. The van der Waals surface area contributed by atoms with Gasteiger partial charge in [-0.2, -0.15) is 0 Å². The normalized spacial score (nSPS) is 18.0. The summed E-state index contributed by atoms with van der Waals surface area (Å²) in [5, 5.41) is 1.17. The summed E-state index contributed by atoms with van der Waals surface area (Å²) in [7, 11) is 0. The SMILES string of the molecule is Cc1ccccc1C(=O)N1CCC[C@H](c2nc3ccccc3s2)C1. The molecule has 0 N–H and O–H groups in total. The molecule has 0 aliphatic carbocycles. The van der Waals surface area contributed by atoms with E-state index in [1.165, 1.54) is 9.71 Å². The Morgan fingerprint density at radius 2 is 1.96 bits per heavy atom. The summed E-state index contributed by atoms with van der Waals surface area (Å²) in [4.78, 5) is 19.7. The van der Waals surface area contributed by atoms with Crippen LogP contribution in [-0.2, 0) is 0 Å². The first-order chi connectivity index (χ1) is 11.7. The van der Waals surface area contributed by atoms with Gasteiger partial charge in [0.1, 0.15) is 0 Å². The van der Waals surface area contributed by atoms with Gasteiger partial charge in [0, 0.05) is 24.6 Å². The summed E-state index contributed by atoms with van der Waals surface area (Å²) in [6.07, 6.45) is 2.15. The van der Waals surface area contributed by atoms with Gasteiger partial charge in [-0.25, -0.2) is 4.98 Å². The average Bonchev–Trinajstić information content (AvgIpc) is 3.06. The Morgan fingerprint density at radius 1 is 1.17 bits per heavy atom. The second-order valence-corrected chi connectivity index (χ2v) is 7.49. The first-order valence-corrected chi connectivity index (χ1v) is 9.24. The lowest BCUT2D eigenvalue weighted by Crippen LogP contribution is -2.39. The summed E-state index contributed by atoms with van der Waals surface area (Å²) < 4.78 is 1.23. The molecule has 4 rings (SSSR count). The third-order valence-electron chi connectivity index (χ3n) is 4.74. The zero-order chi connectivity index (χ0) is 16.5. The lowest BCUT2D eigenvalue weighted by Gasteiger charge is -2.32. The number of para-hydroxylation sites is 1. The molecular formula is C20H20N2OS. The minimum absolute atomic E-state index is 0.152. The lowest BCUT2D eigenvalue weighted by atomic mass is 9.97. The number of hydrogen-bond donors (Lipinski definition) is 0. The van der Waals surface area contributed by atoms with Crippen LogP contribution >= 0.6 is 11.3 Å². The topological polar surface area (TPSA) is 33.2 Å². The molecule has 1 aromatic heterocycles. The highest BCUT2D eigenvalue weighted by Crippen LogP contribution is 2.33. The van der Waals surface area contributed by atoms with Crippen molar-refractivity contribution in [3.05, 3.63) is 64.7 Å². The minimum atomic E-state index is 0.152. The first kappa shape index (κ1) is 15.3. The van der Waals surface area contributed by atoms with Gasteiger partial charge in [-0.3, -0.25) is 4.79 Å². The molecule has 24 heavy (non-hydrogen) atoms. The zero-order valence-electron chi connectivity index (χ0n) is 13.7. The van der Waals surface area contributed by atoms with Crippen molar-refractivity contribution < 1.29 is 4.79 Å². The van der Waals surface area contributed by atoms with Crippen molar-refractivity contribution in [1.29, 1.82) is 0 Å². The number of nitrogens with zero attached hydrogens (tertiary/aromatic N) is 2. The molecule has 0 spiro atoms. The number of thiazole rings is 1. The Kier molecular flexibility index (Phi) is 4.07. The fourth-order valence-corrected chi connectivity index (χ4v) is 4.50.